The molecule has 0 saturated carbocycles. The summed E-state index contributed by atoms with van der Waals surface area (Å²) >= 11 is 0. The van der Waals surface area contributed by atoms with Crippen LogP contribution in [0.5, 0.6) is 11.6 Å². The average molecular weight is 418 g/mol. The average Bonchev–Trinajstić information content (AvgIpc) is 3.26. The van der Waals surface area contributed by atoms with E-state index in [9.17, 15) is 4.79 Å². The highest BCUT2D eigenvalue weighted by molar-refractivity contribution is 5.93. The van der Waals surface area contributed by atoms with Gasteiger partial charge in [0.25, 0.3) is 11.6 Å². The molecule has 0 radical (unpaired) electrons. The van der Waals surface area contributed by atoms with Crippen LogP contribution in [0.4, 0.5) is 0 Å². The molecule has 2 aromatic heterocycles. The first-order valence-corrected chi connectivity index (χ1v) is 9.92. The minimum absolute atomic E-state index is 0.196. The fourth-order valence-corrected chi connectivity index (χ4v) is 3.09. The molecule has 0 fully saturated rings. The number of nitrogens with zero attached hydrogens (tertiary/aromatic N) is 3. The quantitative estimate of drug-likeness (QED) is 0.467. The molecule has 0 aliphatic carbocycles. The number of aryl methyl sites for hydroxylation is 1. The van der Waals surface area contributed by atoms with E-state index in [1.165, 1.54) is 0 Å². The number of fused-ring (bicyclic) bond motifs is 1. The molecule has 0 aliphatic heterocycles. The summed E-state index contributed by atoms with van der Waals surface area (Å²) in [5, 5.41) is 7.53. The monoisotopic (exact) mass is 418 g/mol. The van der Waals surface area contributed by atoms with Gasteiger partial charge in [0, 0.05) is 18.5 Å². The Balaban J connectivity index is 1.51. The first-order valence-electron chi connectivity index (χ1n) is 9.92. The number of methoxy groups -OCH3 is 1. The van der Waals surface area contributed by atoms with Crippen LogP contribution < -0.4 is 14.8 Å². The first kappa shape index (κ1) is 20.3. The minimum Gasteiger partial charge on any atom is -0.497 e. The summed E-state index contributed by atoms with van der Waals surface area (Å²) < 4.78 is 16.4. The summed E-state index contributed by atoms with van der Waals surface area (Å²) in [5.74, 6) is 1.29. The van der Waals surface area contributed by atoms with Gasteiger partial charge in [0.05, 0.1) is 7.11 Å². The van der Waals surface area contributed by atoms with Crippen LogP contribution in [0, 0.1) is 0 Å². The third-order valence-electron chi connectivity index (χ3n) is 4.68. The predicted octanol–water partition coefficient (Wildman–Crippen LogP) is 3.55. The Labute approximate surface area is 179 Å². The Bertz CT molecular complexity index is 1190. The van der Waals surface area contributed by atoms with Crippen LogP contribution in [0.3, 0.4) is 0 Å². The molecule has 1 N–H and O–H groups in total. The van der Waals surface area contributed by atoms with E-state index in [-0.39, 0.29) is 18.4 Å². The zero-order chi connectivity index (χ0) is 21.6. The molecule has 8 nitrogen and oxygen atoms in total. The molecule has 4 aromatic rings. The Morgan fingerprint density at radius 3 is 2.71 bits per heavy atom. The Morgan fingerprint density at radius 1 is 1.10 bits per heavy atom. The lowest BCUT2D eigenvalue weighted by molar-refractivity contribution is -0.123. The molecule has 4 rings (SSSR count). The number of carbonyl (C=O) groups excluding carboxylic acids is 1. The van der Waals surface area contributed by atoms with Gasteiger partial charge in [0.1, 0.15) is 22.7 Å². The summed E-state index contributed by atoms with van der Waals surface area (Å²) in [7, 11) is 1.60. The van der Waals surface area contributed by atoms with Crippen molar-refractivity contribution in [2.24, 2.45) is 0 Å². The Morgan fingerprint density at radius 2 is 1.94 bits per heavy atom. The summed E-state index contributed by atoms with van der Waals surface area (Å²) in [5.41, 5.74) is 2.68. The van der Waals surface area contributed by atoms with E-state index in [0.29, 0.717) is 35.6 Å². The molecular weight excluding hydrogens is 396 g/mol. The van der Waals surface area contributed by atoms with Crippen LogP contribution in [-0.4, -0.2) is 34.7 Å². The third-order valence-corrected chi connectivity index (χ3v) is 4.68. The molecule has 0 aliphatic rings. The maximum absolute atomic E-state index is 12.4. The highest BCUT2D eigenvalue weighted by Gasteiger charge is 2.20. The standard InChI is InChI=1S/C23H22N4O4/c1-3-18-25-22(20-21(27-31-23(20)26-18)16-9-5-4-6-10-16)30-14-19(28)24-13-15-8-7-11-17(12-15)29-2/h4-12H,3,13-14H2,1-2H3,(H,24,28). The maximum atomic E-state index is 12.4. The van der Waals surface area contributed by atoms with Gasteiger partial charge in [-0.2, -0.15) is 9.97 Å². The molecule has 2 heterocycles. The van der Waals surface area contributed by atoms with Gasteiger partial charge in [-0.15, -0.1) is 0 Å². The molecule has 0 unspecified atom stereocenters. The normalized spacial score (nSPS) is 10.8. The number of benzene rings is 2. The zero-order valence-electron chi connectivity index (χ0n) is 17.3. The van der Waals surface area contributed by atoms with Crippen LogP contribution in [0.2, 0.25) is 0 Å². The molecule has 0 bridgehead atoms. The van der Waals surface area contributed by atoms with E-state index in [1.807, 2.05) is 61.5 Å². The van der Waals surface area contributed by atoms with Crippen molar-refractivity contribution in [3.8, 4) is 22.9 Å². The number of rotatable bonds is 8. The minimum atomic E-state index is -0.273. The van der Waals surface area contributed by atoms with Gasteiger partial charge in [0.15, 0.2) is 6.61 Å². The highest BCUT2D eigenvalue weighted by atomic mass is 16.5. The molecule has 0 spiro atoms. The topological polar surface area (TPSA) is 99.4 Å². The van der Waals surface area contributed by atoms with Crippen molar-refractivity contribution in [1.82, 2.24) is 20.4 Å². The van der Waals surface area contributed by atoms with E-state index in [0.717, 1.165) is 16.9 Å². The smallest absolute Gasteiger partial charge is 0.265 e. The van der Waals surface area contributed by atoms with Gasteiger partial charge in [-0.05, 0) is 17.7 Å². The van der Waals surface area contributed by atoms with Crippen molar-refractivity contribution < 1.29 is 18.8 Å². The molecule has 1 amide bonds. The fourth-order valence-electron chi connectivity index (χ4n) is 3.09. The third kappa shape index (κ3) is 4.63. The largest absolute Gasteiger partial charge is 0.497 e. The summed E-state index contributed by atoms with van der Waals surface area (Å²) in [6.45, 7) is 2.10. The van der Waals surface area contributed by atoms with Crippen molar-refractivity contribution in [2.45, 2.75) is 19.9 Å². The molecule has 0 atom stereocenters. The summed E-state index contributed by atoms with van der Waals surface area (Å²) in [6.07, 6.45) is 0.593. The maximum Gasteiger partial charge on any atom is 0.265 e. The van der Waals surface area contributed by atoms with Crippen molar-refractivity contribution in [3.05, 3.63) is 66.0 Å². The zero-order valence-corrected chi connectivity index (χ0v) is 17.3. The number of nitrogens with one attached hydrogen (secondary N) is 1. The molecule has 0 saturated heterocycles. The predicted molar refractivity (Wildman–Crippen MR) is 115 cm³/mol. The second kappa shape index (κ2) is 9.25. The van der Waals surface area contributed by atoms with Gasteiger partial charge in [0.2, 0.25) is 5.88 Å². The lowest BCUT2D eigenvalue weighted by atomic mass is 10.1. The van der Waals surface area contributed by atoms with Crippen LogP contribution in [-0.2, 0) is 17.8 Å². The van der Waals surface area contributed by atoms with Gasteiger partial charge >= 0.3 is 0 Å². The molecule has 158 valence electrons. The van der Waals surface area contributed by atoms with Crippen LogP contribution >= 0.6 is 0 Å². The van der Waals surface area contributed by atoms with Crippen LogP contribution in [0.25, 0.3) is 22.4 Å². The Kier molecular flexibility index (Phi) is 6.07. The number of ether oxygens (including phenoxy) is 2. The second-order valence-corrected chi connectivity index (χ2v) is 6.79. The first-order chi connectivity index (χ1) is 15.2. The Hall–Kier alpha value is -3.94. The van der Waals surface area contributed by atoms with Gasteiger partial charge < -0.3 is 19.3 Å². The number of hydrogen-bond donors (Lipinski definition) is 1. The van der Waals surface area contributed by atoms with Crippen LogP contribution in [0.15, 0.2) is 59.1 Å². The van der Waals surface area contributed by atoms with Gasteiger partial charge in [-0.1, -0.05) is 54.5 Å². The van der Waals surface area contributed by atoms with E-state index in [2.05, 4.69) is 20.4 Å². The van der Waals surface area contributed by atoms with E-state index < -0.39 is 0 Å². The van der Waals surface area contributed by atoms with Crippen molar-refractivity contribution in [1.29, 1.82) is 0 Å². The number of carbonyl (C=O) groups is 1. The van der Waals surface area contributed by atoms with Crippen molar-refractivity contribution >= 4 is 17.0 Å². The second-order valence-electron chi connectivity index (χ2n) is 6.79. The highest BCUT2D eigenvalue weighted by Crippen LogP contribution is 2.33. The molecule has 8 heteroatoms. The lowest BCUT2D eigenvalue weighted by Gasteiger charge is -2.09. The summed E-state index contributed by atoms with van der Waals surface area (Å²) in [6, 6.07) is 17.1. The van der Waals surface area contributed by atoms with Gasteiger partial charge in [-0.3, -0.25) is 4.79 Å². The molecular formula is C23H22N4O4. The van der Waals surface area contributed by atoms with E-state index in [4.69, 9.17) is 14.0 Å². The number of hydrogen-bond acceptors (Lipinski definition) is 7. The summed E-state index contributed by atoms with van der Waals surface area (Å²) in [4.78, 5) is 21.2. The SMILES string of the molecule is CCc1nc(OCC(=O)NCc2cccc(OC)c2)c2c(-c3ccccc3)noc2n1. The van der Waals surface area contributed by atoms with Crippen molar-refractivity contribution in [2.75, 3.05) is 13.7 Å². The fraction of sp³-hybridized carbons (Fsp3) is 0.217. The number of aromatic nitrogens is 3. The van der Waals surface area contributed by atoms with E-state index >= 15 is 0 Å². The molecule has 2 aromatic carbocycles. The molecule has 31 heavy (non-hydrogen) atoms. The lowest BCUT2D eigenvalue weighted by Crippen LogP contribution is -2.28. The van der Waals surface area contributed by atoms with Crippen LogP contribution in [0.1, 0.15) is 18.3 Å². The van der Waals surface area contributed by atoms with Gasteiger partial charge in [-0.25, -0.2) is 0 Å². The van der Waals surface area contributed by atoms with E-state index in [1.54, 1.807) is 7.11 Å². The van der Waals surface area contributed by atoms with Crippen molar-refractivity contribution in [3.63, 3.8) is 0 Å². The number of amides is 1.